The fourth-order valence-corrected chi connectivity index (χ4v) is 5.91. The number of amidine groups is 1. The molecule has 3 amide bonds. The fraction of sp³-hybridized carbons (Fsp3) is 0.429. The Morgan fingerprint density at radius 1 is 1.33 bits per heavy atom. The van der Waals surface area contributed by atoms with Crippen LogP contribution in [0.2, 0.25) is 0 Å². The summed E-state index contributed by atoms with van der Waals surface area (Å²) in [5.41, 5.74) is 1.03. The fourth-order valence-electron chi connectivity index (χ4n) is 4.02. The molecule has 30 heavy (non-hydrogen) atoms. The van der Waals surface area contributed by atoms with E-state index in [1.165, 1.54) is 23.1 Å². The van der Waals surface area contributed by atoms with Crippen LogP contribution in [0.4, 0.5) is 0 Å². The molecule has 2 N–H and O–H groups in total. The summed E-state index contributed by atoms with van der Waals surface area (Å²) in [6.45, 7) is 1.11. The second-order valence-electron chi connectivity index (χ2n) is 7.35. The van der Waals surface area contributed by atoms with Crippen molar-refractivity contribution >= 4 is 56.1 Å². The van der Waals surface area contributed by atoms with Crippen molar-refractivity contribution in [1.29, 1.82) is 0 Å². The molecule has 2 saturated heterocycles. The van der Waals surface area contributed by atoms with Crippen LogP contribution in [0.1, 0.15) is 34.5 Å². The zero-order chi connectivity index (χ0) is 21.1. The number of benzene rings is 1. The summed E-state index contributed by atoms with van der Waals surface area (Å²) in [4.78, 5) is 43.5. The molecule has 0 aliphatic carbocycles. The van der Waals surface area contributed by atoms with Crippen molar-refractivity contribution in [2.24, 2.45) is 4.99 Å². The molecule has 4 rings (SSSR count). The number of amides is 3. The van der Waals surface area contributed by atoms with Gasteiger partial charge >= 0.3 is 0 Å². The number of fused-ring (bicyclic) bond motifs is 1. The maximum Gasteiger partial charge on any atom is 0.261 e. The summed E-state index contributed by atoms with van der Waals surface area (Å²) in [5.74, 6) is 0.356. The van der Waals surface area contributed by atoms with E-state index in [1.807, 2.05) is 23.1 Å². The summed E-state index contributed by atoms with van der Waals surface area (Å²) >= 11 is 2.88. The van der Waals surface area contributed by atoms with Crippen molar-refractivity contribution in [2.75, 3.05) is 25.9 Å². The van der Waals surface area contributed by atoms with Gasteiger partial charge < -0.3 is 15.5 Å². The van der Waals surface area contributed by atoms with Crippen molar-refractivity contribution in [3.8, 4) is 0 Å². The number of nitrogens with zero attached hydrogens (tertiary/aromatic N) is 2. The number of thiophene rings is 1. The second-order valence-corrected chi connectivity index (χ2v) is 9.36. The van der Waals surface area contributed by atoms with E-state index < -0.39 is 0 Å². The van der Waals surface area contributed by atoms with Gasteiger partial charge in [0.05, 0.1) is 17.2 Å². The van der Waals surface area contributed by atoms with Gasteiger partial charge in [-0.15, -0.1) is 11.3 Å². The lowest BCUT2D eigenvalue weighted by Crippen LogP contribution is -2.37. The number of carbonyl (C=O) groups excluding carboxylic acids is 3. The predicted molar refractivity (Wildman–Crippen MR) is 121 cm³/mol. The summed E-state index contributed by atoms with van der Waals surface area (Å²) < 4.78 is 1.09. The number of likely N-dealkylation sites (tertiary alicyclic amines) is 1. The normalized spacial score (nSPS) is 20.2. The molecule has 3 heterocycles. The van der Waals surface area contributed by atoms with E-state index in [1.54, 1.807) is 7.05 Å². The molecular weight excluding hydrogens is 420 g/mol. The zero-order valence-electron chi connectivity index (χ0n) is 16.8. The number of carbonyl (C=O) groups is 3. The van der Waals surface area contributed by atoms with Gasteiger partial charge in [0.15, 0.2) is 5.17 Å². The quantitative estimate of drug-likeness (QED) is 0.716. The van der Waals surface area contributed by atoms with Crippen molar-refractivity contribution in [3.63, 3.8) is 0 Å². The van der Waals surface area contributed by atoms with Gasteiger partial charge in [0.2, 0.25) is 11.8 Å². The first-order valence-electron chi connectivity index (χ1n) is 10.1. The van der Waals surface area contributed by atoms with Gasteiger partial charge in [-0.25, -0.2) is 0 Å². The molecule has 9 heteroatoms. The maximum absolute atomic E-state index is 12.8. The van der Waals surface area contributed by atoms with E-state index in [0.717, 1.165) is 39.9 Å². The van der Waals surface area contributed by atoms with Crippen LogP contribution in [-0.2, 0) is 16.0 Å². The number of hydrogen-bond acceptors (Lipinski definition) is 6. The minimum absolute atomic E-state index is 0.0420. The number of aliphatic imine (C=N–C) groups is 1. The first kappa shape index (κ1) is 20.9. The maximum atomic E-state index is 12.8. The minimum atomic E-state index is -0.0750. The van der Waals surface area contributed by atoms with Crippen LogP contribution in [0.25, 0.3) is 10.1 Å². The SMILES string of the molecule is CNC(=O)c1sc2ccccc2c1C[C@@H]1CCCN1C(=O)CCN=C1NC(=O)CS1. The van der Waals surface area contributed by atoms with E-state index in [4.69, 9.17) is 0 Å². The number of nitrogens with one attached hydrogen (secondary N) is 2. The van der Waals surface area contributed by atoms with Crippen molar-refractivity contribution in [1.82, 2.24) is 15.5 Å². The van der Waals surface area contributed by atoms with Gasteiger partial charge in [0, 0.05) is 30.8 Å². The zero-order valence-corrected chi connectivity index (χ0v) is 18.4. The molecule has 0 radical (unpaired) electrons. The molecule has 0 spiro atoms. The molecule has 0 saturated carbocycles. The molecule has 2 aliphatic rings. The Bertz CT molecular complexity index is 1020. The molecule has 2 aromatic rings. The summed E-state index contributed by atoms with van der Waals surface area (Å²) in [6.07, 6.45) is 2.90. The lowest BCUT2D eigenvalue weighted by atomic mass is 10.00. The Balaban J connectivity index is 1.47. The van der Waals surface area contributed by atoms with Crippen molar-refractivity contribution < 1.29 is 14.4 Å². The Hall–Kier alpha value is -2.39. The van der Waals surface area contributed by atoms with Gasteiger partial charge in [0.1, 0.15) is 0 Å². The number of hydrogen-bond donors (Lipinski definition) is 2. The Kier molecular flexibility index (Phi) is 6.38. The second kappa shape index (κ2) is 9.18. The van der Waals surface area contributed by atoms with Crippen LogP contribution < -0.4 is 10.6 Å². The number of thioether (sulfide) groups is 1. The van der Waals surface area contributed by atoms with Gasteiger partial charge in [-0.05, 0) is 36.3 Å². The summed E-state index contributed by atoms with van der Waals surface area (Å²) in [7, 11) is 1.65. The average molecular weight is 445 g/mol. The molecule has 0 unspecified atom stereocenters. The summed E-state index contributed by atoms with van der Waals surface area (Å²) in [6, 6.07) is 8.15. The van der Waals surface area contributed by atoms with Gasteiger partial charge in [-0.2, -0.15) is 0 Å². The Morgan fingerprint density at radius 3 is 2.93 bits per heavy atom. The van der Waals surface area contributed by atoms with Crippen LogP contribution >= 0.6 is 23.1 Å². The molecule has 2 aliphatic heterocycles. The highest BCUT2D eigenvalue weighted by molar-refractivity contribution is 8.15. The van der Waals surface area contributed by atoms with E-state index in [-0.39, 0.29) is 23.8 Å². The third kappa shape index (κ3) is 4.37. The van der Waals surface area contributed by atoms with Crippen LogP contribution in [0.5, 0.6) is 0 Å². The van der Waals surface area contributed by atoms with E-state index in [0.29, 0.717) is 30.3 Å². The molecule has 158 valence electrons. The topological polar surface area (TPSA) is 90.9 Å². The molecule has 7 nitrogen and oxygen atoms in total. The standard InChI is InChI=1S/C21H24N4O3S2/c1-22-20(28)19-15(14-6-2-3-7-16(14)30-19)11-13-5-4-10-25(13)18(27)8-9-23-21-24-17(26)12-29-21/h2-3,6-7,13H,4-5,8-12H2,1H3,(H,22,28)(H,23,24,26)/t13-/m0/s1. The van der Waals surface area contributed by atoms with Gasteiger partial charge in [-0.1, -0.05) is 30.0 Å². The molecule has 1 aromatic carbocycles. The summed E-state index contributed by atoms with van der Waals surface area (Å²) in [5, 5.41) is 7.13. The number of rotatable bonds is 6. The van der Waals surface area contributed by atoms with Gasteiger partial charge in [-0.3, -0.25) is 19.4 Å². The van der Waals surface area contributed by atoms with Gasteiger partial charge in [0.25, 0.3) is 5.91 Å². The average Bonchev–Trinajstić information content (AvgIpc) is 3.47. The Morgan fingerprint density at radius 2 is 2.17 bits per heavy atom. The molecular formula is C21H24N4O3S2. The largest absolute Gasteiger partial charge is 0.354 e. The third-order valence-electron chi connectivity index (χ3n) is 5.44. The highest BCUT2D eigenvalue weighted by Crippen LogP contribution is 2.34. The van der Waals surface area contributed by atoms with Crippen molar-refractivity contribution in [2.45, 2.75) is 31.7 Å². The molecule has 0 bridgehead atoms. The lowest BCUT2D eigenvalue weighted by molar-refractivity contribution is -0.131. The molecule has 1 aromatic heterocycles. The smallest absolute Gasteiger partial charge is 0.261 e. The van der Waals surface area contributed by atoms with E-state index >= 15 is 0 Å². The van der Waals surface area contributed by atoms with E-state index in [2.05, 4.69) is 21.7 Å². The first-order valence-corrected chi connectivity index (χ1v) is 11.9. The highest BCUT2D eigenvalue weighted by atomic mass is 32.2. The Labute approximate surface area is 183 Å². The molecule has 1 atom stereocenters. The predicted octanol–water partition coefficient (Wildman–Crippen LogP) is 2.40. The van der Waals surface area contributed by atoms with Crippen LogP contribution in [-0.4, -0.2) is 59.7 Å². The van der Waals surface area contributed by atoms with E-state index in [9.17, 15) is 14.4 Å². The highest BCUT2D eigenvalue weighted by Gasteiger charge is 2.31. The first-order chi connectivity index (χ1) is 14.6. The van der Waals surface area contributed by atoms with Crippen LogP contribution in [0, 0.1) is 0 Å². The lowest BCUT2D eigenvalue weighted by Gasteiger charge is -2.25. The van der Waals surface area contributed by atoms with Crippen LogP contribution in [0.3, 0.4) is 0 Å². The monoisotopic (exact) mass is 444 g/mol. The van der Waals surface area contributed by atoms with Crippen LogP contribution in [0.15, 0.2) is 29.3 Å². The van der Waals surface area contributed by atoms with Crippen molar-refractivity contribution in [3.05, 3.63) is 34.7 Å². The molecule has 2 fully saturated rings. The minimum Gasteiger partial charge on any atom is -0.354 e. The third-order valence-corrected chi connectivity index (χ3v) is 7.56.